The molecule has 71 heavy (non-hydrogen) atoms. The Kier molecular flexibility index (Phi) is 9.19. The first-order valence-electron chi connectivity index (χ1n) is 22.9. The third-order valence-electron chi connectivity index (χ3n) is 13.6. The zero-order chi connectivity index (χ0) is 47.7. The van der Waals surface area contributed by atoms with Crippen LogP contribution in [0, 0.1) is 45.3 Å². The van der Waals surface area contributed by atoms with Gasteiger partial charge in [0, 0.05) is 66.1 Å². The number of nitrogens with zero attached hydrogens (tertiary/aromatic N) is 9. The maximum Gasteiger partial charge on any atom is 0.160 e. The van der Waals surface area contributed by atoms with E-state index in [0.29, 0.717) is 33.8 Å². The minimum atomic E-state index is 0.520. The molecule has 0 N–H and O–H groups in total. The van der Waals surface area contributed by atoms with Gasteiger partial charge < -0.3 is 13.7 Å². The van der Waals surface area contributed by atoms with Gasteiger partial charge in [0.25, 0.3) is 0 Å². The van der Waals surface area contributed by atoms with Crippen LogP contribution in [-0.4, -0.2) is 23.7 Å². The summed E-state index contributed by atoms with van der Waals surface area (Å²) in [5.41, 5.74) is 15.4. The molecule has 0 saturated heterocycles. The summed E-state index contributed by atoms with van der Waals surface area (Å²) >= 11 is 0. The number of hydrogen-bond acceptors (Lipinski definition) is 6. The van der Waals surface area contributed by atoms with Crippen molar-refractivity contribution < 1.29 is 0 Å². The number of nitriles is 4. The Hall–Kier alpha value is -10.6. The second-order valence-electron chi connectivity index (χ2n) is 17.5. The van der Waals surface area contributed by atoms with Crippen LogP contribution in [0.25, 0.3) is 116 Å². The Balaban J connectivity index is 1.01. The molecule has 0 aliphatic carbocycles. The molecule has 9 nitrogen and oxygen atoms in total. The van der Waals surface area contributed by atoms with Gasteiger partial charge in [0.2, 0.25) is 0 Å². The van der Waals surface area contributed by atoms with Crippen molar-refractivity contribution in [1.29, 1.82) is 21.0 Å². The number of aromatic nitrogens is 5. The lowest BCUT2D eigenvalue weighted by Gasteiger charge is -2.12. The van der Waals surface area contributed by atoms with E-state index in [-0.39, 0.29) is 0 Å². The number of benzene rings is 9. The largest absolute Gasteiger partial charge is 0.309 e. The van der Waals surface area contributed by atoms with Crippen molar-refractivity contribution >= 4 is 65.4 Å². The first kappa shape index (κ1) is 40.7. The molecule has 0 fully saturated rings. The summed E-state index contributed by atoms with van der Waals surface area (Å²) in [6.07, 6.45) is 0. The highest BCUT2D eigenvalue weighted by atomic mass is 15.0. The van der Waals surface area contributed by atoms with Gasteiger partial charge in [-0.15, -0.1) is 0 Å². The molecule has 4 heterocycles. The minimum Gasteiger partial charge on any atom is -0.309 e. The summed E-state index contributed by atoms with van der Waals surface area (Å²) in [6, 6.07) is 75.8. The molecule has 0 saturated carbocycles. The van der Waals surface area contributed by atoms with E-state index in [4.69, 9.17) is 9.97 Å². The van der Waals surface area contributed by atoms with E-state index >= 15 is 0 Å². The third kappa shape index (κ3) is 6.51. The fourth-order valence-electron chi connectivity index (χ4n) is 10.3. The number of fused-ring (bicyclic) bond motifs is 9. The lowest BCUT2D eigenvalue weighted by Crippen LogP contribution is -1.98. The summed E-state index contributed by atoms with van der Waals surface area (Å²) in [6.45, 7) is 0. The summed E-state index contributed by atoms with van der Waals surface area (Å²) in [5, 5.41) is 45.0. The zero-order valence-electron chi connectivity index (χ0n) is 37.6. The van der Waals surface area contributed by atoms with Crippen molar-refractivity contribution in [3.63, 3.8) is 0 Å². The van der Waals surface area contributed by atoms with Gasteiger partial charge in [-0.3, -0.25) is 0 Å². The predicted octanol–water partition coefficient (Wildman–Crippen LogP) is 14.3. The first-order chi connectivity index (χ1) is 35.0. The Morgan fingerprint density at radius 1 is 0.282 bits per heavy atom. The Labute approximate surface area is 406 Å². The molecule has 13 rings (SSSR count). The van der Waals surface area contributed by atoms with Crippen LogP contribution in [0.1, 0.15) is 22.3 Å². The maximum atomic E-state index is 9.85. The summed E-state index contributed by atoms with van der Waals surface area (Å²) < 4.78 is 6.88. The molecular formula is C62H33N9. The van der Waals surface area contributed by atoms with E-state index in [2.05, 4.69) is 135 Å². The number of rotatable bonds is 6. The van der Waals surface area contributed by atoms with E-state index in [0.717, 1.165) is 105 Å². The van der Waals surface area contributed by atoms with Crippen molar-refractivity contribution in [3.8, 4) is 75.2 Å². The van der Waals surface area contributed by atoms with Crippen molar-refractivity contribution in [2.24, 2.45) is 0 Å². The average molecular weight is 904 g/mol. The van der Waals surface area contributed by atoms with E-state index in [1.54, 1.807) is 24.3 Å². The summed E-state index contributed by atoms with van der Waals surface area (Å²) in [5.74, 6) is 0.520. The van der Waals surface area contributed by atoms with Crippen LogP contribution < -0.4 is 0 Å². The predicted molar refractivity (Wildman–Crippen MR) is 280 cm³/mol. The van der Waals surface area contributed by atoms with Gasteiger partial charge in [0.15, 0.2) is 5.82 Å². The quantitative estimate of drug-likeness (QED) is 0.163. The van der Waals surface area contributed by atoms with Crippen LogP contribution in [0.2, 0.25) is 0 Å². The van der Waals surface area contributed by atoms with Crippen LogP contribution in [0.5, 0.6) is 0 Å². The molecule has 0 spiro atoms. The minimum absolute atomic E-state index is 0.520. The second kappa shape index (κ2) is 16.0. The SMILES string of the molecule is N#Cc1ccc(-c2cc(-c3ccc(-n4c5ccc(-n6c7ccccc7c7cc(C#N)ccc76)cc5c5cc(-n6c7ccccc7c7cc(C#N)ccc76)ccc54)cc3)nc(-c3ccc(C#N)cc3)n2)cc1. The van der Waals surface area contributed by atoms with E-state index in [1.165, 1.54) is 0 Å². The monoisotopic (exact) mass is 903 g/mol. The van der Waals surface area contributed by atoms with Crippen molar-refractivity contribution in [3.05, 3.63) is 222 Å². The molecular weight excluding hydrogens is 871 g/mol. The normalized spacial score (nSPS) is 11.3. The van der Waals surface area contributed by atoms with Gasteiger partial charge >= 0.3 is 0 Å². The third-order valence-corrected chi connectivity index (χ3v) is 13.6. The first-order valence-corrected chi connectivity index (χ1v) is 22.9. The molecule has 0 unspecified atom stereocenters. The molecule has 4 aromatic heterocycles. The van der Waals surface area contributed by atoms with Crippen LogP contribution in [-0.2, 0) is 0 Å². The molecule has 326 valence electrons. The highest BCUT2D eigenvalue weighted by Crippen LogP contribution is 2.40. The van der Waals surface area contributed by atoms with Gasteiger partial charge in [-0.25, -0.2) is 9.97 Å². The maximum absolute atomic E-state index is 9.85. The van der Waals surface area contributed by atoms with E-state index in [9.17, 15) is 21.0 Å². The molecule has 0 radical (unpaired) electrons. The van der Waals surface area contributed by atoms with E-state index < -0.39 is 0 Å². The Bertz CT molecular complexity index is 4280. The van der Waals surface area contributed by atoms with Crippen molar-refractivity contribution in [2.45, 2.75) is 0 Å². The molecule has 0 bridgehead atoms. The smallest absolute Gasteiger partial charge is 0.160 e. The summed E-state index contributed by atoms with van der Waals surface area (Å²) in [4.78, 5) is 10.0. The molecule has 0 amide bonds. The van der Waals surface area contributed by atoms with Gasteiger partial charge in [-0.05, 0) is 140 Å². The number of para-hydroxylation sites is 2. The van der Waals surface area contributed by atoms with Gasteiger partial charge in [-0.1, -0.05) is 60.7 Å². The Morgan fingerprint density at radius 3 is 1.07 bits per heavy atom. The highest BCUT2D eigenvalue weighted by Gasteiger charge is 2.20. The fourth-order valence-corrected chi connectivity index (χ4v) is 10.3. The lowest BCUT2D eigenvalue weighted by atomic mass is 10.0. The summed E-state index contributed by atoms with van der Waals surface area (Å²) in [7, 11) is 0. The van der Waals surface area contributed by atoms with Gasteiger partial charge in [0.05, 0.1) is 91.0 Å². The highest BCUT2D eigenvalue weighted by molar-refractivity contribution is 6.14. The van der Waals surface area contributed by atoms with Crippen molar-refractivity contribution in [2.75, 3.05) is 0 Å². The number of hydrogen-bond donors (Lipinski definition) is 0. The fraction of sp³-hybridized carbons (Fsp3) is 0. The zero-order valence-corrected chi connectivity index (χ0v) is 37.6. The van der Waals surface area contributed by atoms with Crippen LogP contribution in [0.15, 0.2) is 200 Å². The standard InChI is InChI=1S/C62H33N9/c63-34-38-9-15-42(16-10-38)54-33-55(68-62(67-54)44-17-11-39(35-64)12-18-44)43-19-21-45(22-20-43)69-60-27-23-46(70-56-7-3-1-5-48(56)50-29-40(36-65)13-25-58(50)70)31-52(60)53-32-47(24-28-61(53)69)71-57-8-4-2-6-49(57)51-30-41(37-66)14-26-59(51)71/h1-33H. The molecule has 0 aliphatic heterocycles. The van der Waals surface area contributed by atoms with Crippen LogP contribution in [0.4, 0.5) is 0 Å². The van der Waals surface area contributed by atoms with Gasteiger partial charge in [-0.2, -0.15) is 21.0 Å². The molecule has 0 atom stereocenters. The molecule has 9 heteroatoms. The van der Waals surface area contributed by atoms with Crippen LogP contribution in [0.3, 0.4) is 0 Å². The molecule has 0 aliphatic rings. The lowest BCUT2D eigenvalue weighted by molar-refractivity contribution is 1.16. The second-order valence-corrected chi connectivity index (χ2v) is 17.5. The Morgan fingerprint density at radius 2 is 0.620 bits per heavy atom. The molecule has 13 aromatic rings. The average Bonchev–Trinajstić information content (AvgIpc) is 4.07. The topological polar surface area (TPSA) is 136 Å². The molecule has 9 aromatic carbocycles. The van der Waals surface area contributed by atoms with Crippen LogP contribution >= 0.6 is 0 Å². The van der Waals surface area contributed by atoms with Crippen molar-refractivity contribution in [1.82, 2.24) is 23.7 Å². The van der Waals surface area contributed by atoms with Gasteiger partial charge in [0.1, 0.15) is 0 Å². The van der Waals surface area contributed by atoms with E-state index in [1.807, 2.05) is 78.9 Å².